The quantitative estimate of drug-likeness (QED) is 0.942. The minimum atomic E-state index is 0.181. The number of nitrogens with zero attached hydrogens (tertiary/aromatic N) is 2. The van der Waals surface area contributed by atoms with Crippen molar-refractivity contribution in [3.8, 4) is 0 Å². The lowest BCUT2D eigenvalue weighted by Gasteiger charge is -2.02. The molecule has 2 rings (SSSR count). The fourth-order valence-electron chi connectivity index (χ4n) is 1.75. The highest BCUT2D eigenvalue weighted by Crippen LogP contribution is 2.11. The molecule has 0 fully saturated rings. The van der Waals surface area contributed by atoms with Gasteiger partial charge in [-0.15, -0.1) is 0 Å². The molecule has 3 nitrogen and oxygen atoms in total. The van der Waals surface area contributed by atoms with Gasteiger partial charge in [0, 0.05) is 16.7 Å². The maximum atomic E-state index is 5.76. The molecule has 2 aromatic rings. The summed E-state index contributed by atoms with van der Waals surface area (Å²) in [6.45, 7) is 2.80. The summed E-state index contributed by atoms with van der Waals surface area (Å²) in [4.78, 5) is 0. The lowest BCUT2D eigenvalue weighted by atomic mass is 10.1. The van der Waals surface area contributed by atoms with E-state index in [4.69, 9.17) is 5.73 Å². The Bertz CT molecular complexity index is 474. The SMILES string of the molecule is CC(N)Cc1cnn(Cc2ccc(Br)cc2)c1. The standard InChI is InChI=1S/C13H16BrN3/c1-10(15)6-12-7-16-17(9-12)8-11-2-4-13(14)5-3-11/h2-5,7,9-10H,6,8,15H2,1H3. The Balaban J connectivity index is 2.03. The second-order valence-corrected chi connectivity index (χ2v) is 5.27. The Morgan fingerprint density at radius 1 is 1.29 bits per heavy atom. The summed E-state index contributed by atoms with van der Waals surface area (Å²) in [5.74, 6) is 0. The third kappa shape index (κ3) is 3.68. The number of nitrogens with two attached hydrogens (primary N) is 1. The average Bonchev–Trinajstić information content (AvgIpc) is 2.68. The normalized spacial score (nSPS) is 12.6. The van der Waals surface area contributed by atoms with Crippen LogP contribution >= 0.6 is 15.9 Å². The van der Waals surface area contributed by atoms with Crippen LogP contribution in [0.15, 0.2) is 41.1 Å². The Hall–Kier alpha value is -1.13. The van der Waals surface area contributed by atoms with Gasteiger partial charge in [0.25, 0.3) is 0 Å². The second kappa shape index (κ2) is 5.47. The molecule has 17 heavy (non-hydrogen) atoms. The van der Waals surface area contributed by atoms with Gasteiger partial charge in [-0.3, -0.25) is 4.68 Å². The van der Waals surface area contributed by atoms with Gasteiger partial charge in [-0.25, -0.2) is 0 Å². The number of aromatic nitrogens is 2. The summed E-state index contributed by atoms with van der Waals surface area (Å²) >= 11 is 3.43. The van der Waals surface area contributed by atoms with Crippen LogP contribution in [0.3, 0.4) is 0 Å². The van der Waals surface area contributed by atoms with Crippen LogP contribution in [0, 0.1) is 0 Å². The summed E-state index contributed by atoms with van der Waals surface area (Å²) < 4.78 is 3.04. The Morgan fingerprint density at radius 2 is 2.00 bits per heavy atom. The van der Waals surface area contributed by atoms with Crippen LogP contribution in [0.2, 0.25) is 0 Å². The zero-order chi connectivity index (χ0) is 12.3. The lowest BCUT2D eigenvalue weighted by molar-refractivity contribution is 0.684. The monoisotopic (exact) mass is 293 g/mol. The van der Waals surface area contributed by atoms with Crippen molar-refractivity contribution in [1.29, 1.82) is 0 Å². The van der Waals surface area contributed by atoms with Gasteiger partial charge in [-0.1, -0.05) is 28.1 Å². The van der Waals surface area contributed by atoms with Crippen LogP contribution in [0.4, 0.5) is 0 Å². The van der Waals surface area contributed by atoms with Gasteiger partial charge in [-0.05, 0) is 36.6 Å². The van der Waals surface area contributed by atoms with Crippen molar-refractivity contribution in [3.05, 3.63) is 52.3 Å². The first-order valence-electron chi connectivity index (χ1n) is 5.65. The van der Waals surface area contributed by atoms with E-state index in [2.05, 4.69) is 39.4 Å². The number of rotatable bonds is 4. The molecular formula is C13H16BrN3. The summed E-state index contributed by atoms with van der Waals surface area (Å²) in [5.41, 5.74) is 8.19. The van der Waals surface area contributed by atoms with E-state index in [9.17, 15) is 0 Å². The molecule has 0 radical (unpaired) electrons. The van der Waals surface area contributed by atoms with Crippen LogP contribution in [0.1, 0.15) is 18.1 Å². The van der Waals surface area contributed by atoms with Gasteiger partial charge >= 0.3 is 0 Å². The Labute approximate surface area is 110 Å². The molecule has 90 valence electrons. The molecular weight excluding hydrogens is 278 g/mol. The largest absolute Gasteiger partial charge is 0.328 e. The van der Waals surface area contributed by atoms with Gasteiger partial charge in [0.15, 0.2) is 0 Å². The van der Waals surface area contributed by atoms with Crippen molar-refractivity contribution in [1.82, 2.24) is 9.78 Å². The molecule has 1 unspecified atom stereocenters. The fraction of sp³-hybridized carbons (Fsp3) is 0.308. The van der Waals surface area contributed by atoms with E-state index < -0.39 is 0 Å². The fourth-order valence-corrected chi connectivity index (χ4v) is 2.01. The smallest absolute Gasteiger partial charge is 0.0659 e. The maximum Gasteiger partial charge on any atom is 0.0659 e. The lowest BCUT2D eigenvalue weighted by Crippen LogP contribution is -2.17. The number of hydrogen-bond acceptors (Lipinski definition) is 2. The van der Waals surface area contributed by atoms with Gasteiger partial charge < -0.3 is 5.73 Å². The third-order valence-corrected chi connectivity index (χ3v) is 3.03. The Kier molecular flexibility index (Phi) is 3.97. The van der Waals surface area contributed by atoms with Gasteiger partial charge in [0.05, 0.1) is 12.7 Å². The summed E-state index contributed by atoms with van der Waals surface area (Å²) in [6, 6.07) is 8.46. The van der Waals surface area contributed by atoms with Crippen LogP contribution in [-0.4, -0.2) is 15.8 Å². The highest BCUT2D eigenvalue weighted by Gasteiger charge is 2.02. The number of halogens is 1. The predicted octanol–water partition coefficient (Wildman–Crippen LogP) is 2.58. The van der Waals surface area contributed by atoms with E-state index in [1.807, 2.05) is 29.9 Å². The van der Waals surface area contributed by atoms with E-state index in [-0.39, 0.29) is 6.04 Å². The van der Waals surface area contributed by atoms with Crippen LogP contribution in [-0.2, 0) is 13.0 Å². The first kappa shape index (κ1) is 12.3. The van der Waals surface area contributed by atoms with Crippen LogP contribution in [0.5, 0.6) is 0 Å². The molecule has 2 N–H and O–H groups in total. The molecule has 1 heterocycles. The minimum Gasteiger partial charge on any atom is -0.328 e. The minimum absolute atomic E-state index is 0.181. The van der Waals surface area contributed by atoms with Crippen molar-refractivity contribution in [3.63, 3.8) is 0 Å². The molecule has 0 aliphatic heterocycles. The van der Waals surface area contributed by atoms with Crippen molar-refractivity contribution < 1.29 is 0 Å². The maximum absolute atomic E-state index is 5.76. The highest BCUT2D eigenvalue weighted by molar-refractivity contribution is 9.10. The Morgan fingerprint density at radius 3 is 2.65 bits per heavy atom. The highest BCUT2D eigenvalue weighted by atomic mass is 79.9. The first-order valence-corrected chi connectivity index (χ1v) is 6.44. The van der Waals surface area contributed by atoms with Crippen molar-refractivity contribution in [2.24, 2.45) is 5.73 Å². The first-order chi connectivity index (χ1) is 8.13. The molecule has 0 bridgehead atoms. The molecule has 0 aliphatic rings. The zero-order valence-electron chi connectivity index (χ0n) is 9.81. The second-order valence-electron chi connectivity index (χ2n) is 4.35. The van der Waals surface area contributed by atoms with Crippen molar-refractivity contribution in [2.45, 2.75) is 25.9 Å². The topological polar surface area (TPSA) is 43.8 Å². The molecule has 1 aromatic carbocycles. The molecule has 1 aromatic heterocycles. The number of hydrogen-bond donors (Lipinski definition) is 1. The van der Waals surface area contributed by atoms with E-state index in [0.717, 1.165) is 17.4 Å². The molecule has 0 saturated carbocycles. The molecule has 0 amide bonds. The summed E-state index contributed by atoms with van der Waals surface area (Å²) in [6.07, 6.45) is 4.83. The zero-order valence-corrected chi connectivity index (χ0v) is 11.4. The molecule has 0 aliphatic carbocycles. The van der Waals surface area contributed by atoms with E-state index in [0.29, 0.717) is 0 Å². The van der Waals surface area contributed by atoms with Gasteiger partial charge in [0.1, 0.15) is 0 Å². The molecule has 4 heteroatoms. The van der Waals surface area contributed by atoms with E-state index >= 15 is 0 Å². The van der Waals surface area contributed by atoms with Crippen molar-refractivity contribution in [2.75, 3.05) is 0 Å². The van der Waals surface area contributed by atoms with Crippen molar-refractivity contribution >= 4 is 15.9 Å². The molecule has 0 saturated heterocycles. The summed E-state index contributed by atoms with van der Waals surface area (Å²) in [7, 11) is 0. The van der Waals surface area contributed by atoms with Gasteiger partial charge in [0.2, 0.25) is 0 Å². The summed E-state index contributed by atoms with van der Waals surface area (Å²) in [5, 5.41) is 4.34. The van der Waals surface area contributed by atoms with Crippen LogP contribution < -0.4 is 5.73 Å². The average molecular weight is 294 g/mol. The van der Waals surface area contributed by atoms with Crippen LogP contribution in [0.25, 0.3) is 0 Å². The predicted molar refractivity (Wildman–Crippen MR) is 72.8 cm³/mol. The molecule has 1 atom stereocenters. The number of benzene rings is 1. The molecule has 0 spiro atoms. The van der Waals surface area contributed by atoms with E-state index in [1.54, 1.807) is 0 Å². The third-order valence-electron chi connectivity index (χ3n) is 2.50. The van der Waals surface area contributed by atoms with Gasteiger partial charge in [-0.2, -0.15) is 5.10 Å². The van der Waals surface area contributed by atoms with E-state index in [1.165, 1.54) is 11.1 Å².